The fourth-order valence-corrected chi connectivity index (χ4v) is 3.65. The summed E-state index contributed by atoms with van der Waals surface area (Å²) in [6.07, 6.45) is 1.65. The maximum absolute atomic E-state index is 12.7. The molecule has 0 radical (unpaired) electrons. The van der Waals surface area contributed by atoms with Crippen LogP contribution >= 0.6 is 22.6 Å². The monoisotopic (exact) mass is 492 g/mol. The number of aryl methyl sites for hydroxylation is 1. The summed E-state index contributed by atoms with van der Waals surface area (Å²) in [5.74, 6) is 0.887. The SMILES string of the molecule is CCOc1c(I)cc(C=C2NC(=O)N(Cc3ccc(C)cc3)C2=O)cc1OC. The van der Waals surface area contributed by atoms with Gasteiger partial charge in [0.1, 0.15) is 5.70 Å². The van der Waals surface area contributed by atoms with Crippen molar-refractivity contribution in [1.82, 2.24) is 10.2 Å². The molecule has 0 bridgehead atoms. The highest BCUT2D eigenvalue weighted by Gasteiger charge is 2.33. The first-order valence-corrected chi connectivity index (χ1v) is 9.91. The van der Waals surface area contributed by atoms with Crippen LogP contribution in [0.2, 0.25) is 0 Å². The Kier molecular flexibility index (Phi) is 6.23. The number of carbonyl (C=O) groups is 2. The van der Waals surface area contributed by atoms with E-state index in [2.05, 4.69) is 27.9 Å². The summed E-state index contributed by atoms with van der Waals surface area (Å²) < 4.78 is 11.9. The first kappa shape index (κ1) is 20.2. The van der Waals surface area contributed by atoms with Crippen LogP contribution < -0.4 is 14.8 Å². The molecule has 6 nitrogen and oxygen atoms in total. The van der Waals surface area contributed by atoms with Crippen molar-refractivity contribution >= 4 is 40.6 Å². The first-order chi connectivity index (χ1) is 13.4. The number of halogens is 1. The summed E-state index contributed by atoms with van der Waals surface area (Å²) in [5, 5.41) is 2.65. The summed E-state index contributed by atoms with van der Waals surface area (Å²) >= 11 is 2.16. The van der Waals surface area contributed by atoms with E-state index < -0.39 is 6.03 Å². The molecule has 2 aromatic rings. The molecule has 1 N–H and O–H groups in total. The van der Waals surface area contributed by atoms with E-state index in [0.29, 0.717) is 18.1 Å². The van der Waals surface area contributed by atoms with Gasteiger partial charge in [-0.25, -0.2) is 4.79 Å². The number of methoxy groups -OCH3 is 1. The highest BCUT2D eigenvalue weighted by atomic mass is 127. The molecule has 2 aromatic carbocycles. The molecule has 0 aliphatic carbocycles. The zero-order valence-electron chi connectivity index (χ0n) is 15.9. The zero-order valence-corrected chi connectivity index (χ0v) is 18.1. The molecule has 1 saturated heterocycles. The van der Waals surface area contributed by atoms with Gasteiger partial charge in [-0.3, -0.25) is 9.69 Å². The molecule has 3 amide bonds. The van der Waals surface area contributed by atoms with E-state index >= 15 is 0 Å². The van der Waals surface area contributed by atoms with Gasteiger partial charge in [0, 0.05) is 0 Å². The number of benzene rings is 2. The molecule has 1 aliphatic rings. The lowest BCUT2D eigenvalue weighted by Gasteiger charge is -2.12. The van der Waals surface area contributed by atoms with Crippen molar-refractivity contribution in [3.63, 3.8) is 0 Å². The molecule has 0 atom stereocenters. The Labute approximate surface area is 177 Å². The summed E-state index contributed by atoms with van der Waals surface area (Å²) in [4.78, 5) is 26.2. The third-order valence-corrected chi connectivity index (χ3v) is 5.08. The van der Waals surface area contributed by atoms with Crippen molar-refractivity contribution in [3.05, 3.63) is 62.4 Å². The van der Waals surface area contributed by atoms with Gasteiger partial charge in [0.25, 0.3) is 5.91 Å². The van der Waals surface area contributed by atoms with Crippen LogP contribution in [0.15, 0.2) is 42.1 Å². The van der Waals surface area contributed by atoms with Crippen LogP contribution in [0.3, 0.4) is 0 Å². The van der Waals surface area contributed by atoms with E-state index in [1.165, 1.54) is 4.90 Å². The van der Waals surface area contributed by atoms with Gasteiger partial charge in [-0.1, -0.05) is 29.8 Å². The van der Waals surface area contributed by atoms with Gasteiger partial charge in [0.15, 0.2) is 11.5 Å². The molecule has 28 heavy (non-hydrogen) atoms. The molecule has 3 rings (SSSR count). The van der Waals surface area contributed by atoms with Crippen LogP contribution in [-0.4, -0.2) is 30.6 Å². The number of imide groups is 1. The van der Waals surface area contributed by atoms with Crippen molar-refractivity contribution < 1.29 is 19.1 Å². The minimum atomic E-state index is -0.426. The highest BCUT2D eigenvalue weighted by Crippen LogP contribution is 2.34. The topological polar surface area (TPSA) is 67.9 Å². The Balaban J connectivity index is 1.85. The molecular weight excluding hydrogens is 471 g/mol. The van der Waals surface area contributed by atoms with Gasteiger partial charge >= 0.3 is 6.03 Å². The minimum Gasteiger partial charge on any atom is -0.493 e. The molecule has 7 heteroatoms. The first-order valence-electron chi connectivity index (χ1n) is 8.83. The molecule has 1 aliphatic heterocycles. The second-order valence-electron chi connectivity index (χ2n) is 6.33. The normalized spacial score (nSPS) is 15.1. The molecule has 146 valence electrons. The highest BCUT2D eigenvalue weighted by molar-refractivity contribution is 14.1. The number of carbonyl (C=O) groups excluding carboxylic acids is 2. The average Bonchev–Trinajstić information content (AvgIpc) is 2.92. The molecule has 0 unspecified atom stereocenters. The molecule has 1 heterocycles. The number of hydrogen-bond acceptors (Lipinski definition) is 4. The van der Waals surface area contributed by atoms with Crippen LogP contribution in [0, 0.1) is 10.5 Å². The Morgan fingerprint density at radius 2 is 1.89 bits per heavy atom. The van der Waals surface area contributed by atoms with Crippen molar-refractivity contribution in [2.45, 2.75) is 20.4 Å². The lowest BCUT2D eigenvalue weighted by molar-refractivity contribution is -0.123. The van der Waals surface area contributed by atoms with Gasteiger partial charge < -0.3 is 14.8 Å². The lowest BCUT2D eigenvalue weighted by atomic mass is 10.1. The number of urea groups is 1. The van der Waals surface area contributed by atoms with Crippen LogP contribution in [-0.2, 0) is 11.3 Å². The van der Waals surface area contributed by atoms with Gasteiger partial charge in [-0.2, -0.15) is 0 Å². The fourth-order valence-electron chi connectivity index (χ4n) is 2.87. The average molecular weight is 492 g/mol. The Bertz CT molecular complexity index is 938. The van der Waals surface area contributed by atoms with E-state index in [1.807, 2.05) is 44.2 Å². The number of rotatable bonds is 6. The molecule has 0 saturated carbocycles. The third kappa shape index (κ3) is 4.30. The maximum Gasteiger partial charge on any atom is 0.329 e. The van der Waals surface area contributed by atoms with Gasteiger partial charge in [0.05, 0.1) is 23.8 Å². The van der Waals surface area contributed by atoms with Crippen molar-refractivity contribution in [1.29, 1.82) is 0 Å². The van der Waals surface area contributed by atoms with Crippen molar-refractivity contribution in [3.8, 4) is 11.5 Å². The van der Waals surface area contributed by atoms with E-state index in [1.54, 1.807) is 19.3 Å². The van der Waals surface area contributed by atoms with E-state index in [0.717, 1.165) is 20.3 Å². The fraction of sp³-hybridized carbons (Fsp3) is 0.238. The predicted molar refractivity (Wildman–Crippen MR) is 115 cm³/mol. The third-order valence-electron chi connectivity index (χ3n) is 4.28. The number of nitrogens with one attached hydrogen (secondary N) is 1. The number of hydrogen-bond donors (Lipinski definition) is 1. The molecule has 0 aromatic heterocycles. The second-order valence-corrected chi connectivity index (χ2v) is 7.49. The molecule has 1 fully saturated rings. The van der Waals surface area contributed by atoms with Crippen LogP contribution in [0.25, 0.3) is 6.08 Å². The van der Waals surface area contributed by atoms with Crippen molar-refractivity contribution in [2.24, 2.45) is 0 Å². The lowest BCUT2D eigenvalue weighted by Crippen LogP contribution is -2.30. The summed E-state index contributed by atoms with van der Waals surface area (Å²) in [6, 6.07) is 11.0. The minimum absolute atomic E-state index is 0.229. The van der Waals surface area contributed by atoms with Gasteiger partial charge in [-0.05, 0) is 65.8 Å². The largest absolute Gasteiger partial charge is 0.493 e. The Morgan fingerprint density at radius 1 is 1.18 bits per heavy atom. The van der Waals surface area contributed by atoms with Crippen molar-refractivity contribution in [2.75, 3.05) is 13.7 Å². The van der Waals surface area contributed by atoms with Crippen LogP contribution in [0.5, 0.6) is 11.5 Å². The van der Waals surface area contributed by atoms with E-state index in [9.17, 15) is 9.59 Å². The summed E-state index contributed by atoms with van der Waals surface area (Å²) in [5.41, 5.74) is 3.00. The van der Waals surface area contributed by atoms with E-state index in [-0.39, 0.29) is 18.1 Å². The van der Waals surface area contributed by atoms with Crippen LogP contribution in [0.1, 0.15) is 23.6 Å². The summed E-state index contributed by atoms with van der Waals surface area (Å²) in [6.45, 7) is 4.65. The van der Waals surface area contributed by atoms with Gasteiger partial charge in [0.2, 0.25) is 0 Å². The van der Waals surface area contributed by atoms with Crippen LogP contribution in [0.4, 0.5) is 4.79 Å². The molecular formula is C21H21IN2O4. The number of ether oxygens (including phenoxy) is 2. The standard InChI is InChI=1S/C21H21IN2O4/c1-4-28-19-16(22)9-15(11-18(19)27-3)10-17-20(25)24(21(26)23-17)12-14-7-5-13(2)6-8-14/h5-11H,4,12H2,1-3H3,(H,23,26). The second kappa shape index (κ2) is 8.64. The smallest absolute Gasteiger partial charge is 0.329 e. The number of amides is 3. The maximum atomic E-state index is 12.7. The Hall–Kier alpha value is -2.55. The van der Waals surface area contributed by atoms with Gasteiger partial charge in [-0.15, -0.1) is 0 Å². The summed E-state index contributed by atoms with van der Waals surface area (Å²) in [7, 11) is 1.57. The zero-order chi connectivity index (χ0) is 20.3. The molecule has 0 spiro atoms. The Morgan fingerprint density at radius 3 is 2.54 bits per heavy atom. The number of nitrogens with zero attached hydrogens (tertiary/aromatic N) is 1. The predicted octanol–water partition coefficient (Wildman–Crippen LogP) is 4.10. The quantitative estimate of drug-likeness (QED) is 0.375. The van der Waals surface area contributed by atoms with E-state index in [4.69, 9.17) is 9.47 Å².